The highest BCUT2D eigenvalue weighted by atomic mass is 32.2. The van der Waals surface area contributed by atoms with Crippen LogP contribution in [0.1, 0.15) is 23.2 Å². The first-order valence-corrected chi connectivity index (χ1v) is 5.76. The summed E-state index contributed by atoms with van der Waals surface area (Å²) in [7, 11) is 0. The van der Waals surface area contributed by atoms with Crippen molar-refractivity contribution in [2.75, 3.05) is 5.75 Å². The number of thioether (sulfide) groups is 1. The molecule has 0 radical (unpaired) electrons. The Morgan fingerprint density at radius 3 is 2.76 bits per heavy atom. The molecule has 94 valence electrons. The van der Waals surface area contributed by atoms with Crippen molar-refractivity contribution in [2.45, 2.75) is 24.0 Å². The van der Waals surface area contributed by atoms with Gasteiger partial charge < -0.3 is 5.11 Å². The number of rotatable bonds is 5. The van der Waals surface area contributed by atoms with Gasteiger partial charge in [0.1, 0.15) is 5.03 Å². The molecule has 1 aromatic rings. The Morgan fingerprint density at radius 2 is 2.18 bits per heavy atom. The second-order valence-electron chi connectivity index (χ2n) is 3.23. The Morgan fingerprint density at radius 1 is 1.47 bits per heavy atom. The molecule has 0 saturated carbocycles. The molecule has 0 spiro atoms. The van der Waals surface area contributed by atoms with Gasteiger partial charge in [-0.15, -0.1) is 11.8 Å². The molecule has 0 saturated heterocycles. The van der Waals surface area contributed by atoms with Gasteiger partial charge in [0.05, 0.1) is 5.56 Å². The summed E-state index contributed by atoms with van der Waals surface area (Å²) in [5.74, 6) is -0.937. The largest absolute Gasteiger partial charge is 0.478 e. The number of carbonyl (C=O) groups is 1. The lowest BCUT2D eigenvalue weighted by Gasteiger charge is -2.06. The first-order chi connectivity index (χ1) is 7.90. The maximum atomic E-state index is 11.9. The third-order valence-electron chi connectivity index (χ3n) is 1.84. The van der Waals surface area contributed by atoms with Gasteiger partial charge in [0, 0.05) is 12.6 Å². The van der Waals surface area contributed by atoms with E-state index in [-0.39, 0.29) is 22.8 Å². The fourth-order valence-corrected chi connectivity index (χ4v) is 2.04. The minimum atomic E-state index is -4.17. The summed E-state index contributed by atoms with van der Waals surface area (Å²) in [6.45, 7) is 0. The smallest absolute Gasteiger partial charge is 0.389 e. The third-order valence-corrected chi connectivity index (χ3v) is 2.94. The predicted molar refractivity (Wildman–Crippen MR) is 57.2 cm³/mol. The summed E-state index contributed by atoms with van der Waals surface area (Å²) >= 11 is 1.02. The second-order valence-corrected chi connectivity index (χ2v) is 4.31. The number of nitrogens with zero attached hydrogens (tertiary/aromatic N) is 1. The molecule has 0 amide bonds. The predicted octanol–water partition coefficient (Wildman–Crippen LogP) is 3.21. The fraction of sp³-hybridized carbons (Fsp3) is 0.400. The van der Waals surface area contributed by atoms with E-state index in [0.717, 1.165) is 11.8 Å². The molecule has 17 heavy (non-hydrogen) atoms. The quantitative estimate of drug-likeness (QED) is 0.656. The lowest BCUT2D eigenvalue weighted by Crippen LogP contribution is -2.07. The molecule has 7 heteroatoms. The Labute approximate surface area is 100 Å². The molecule has 0 fully saturated rings. The van der Waals surface area contributed by atoms with Crippen molar-refractivity contribution >= 4 is 17.7 Å². The highest BCUT2D eigenvalue weighted by molar-refractivity contribution is 7.99. The maximum Gasteiger partial charge on any atom is 0.389 e. The summed E-state index contributed by atoms with van der Waals surface area (Å²) in [6, 6.07) is 2.85. The molecule has 0 aliphatic heterocycles. The van der Waals surface area contributed by atoms with Crippen molar-refractivity contribution in [1.29, 1.82) is 0 Å². The molecule has 1 heterocycles. The Bertz CT molecular complexity index is 395. The number of hydrogen-bond acceptors (Lipinski definition) is 3. The zero-order chi connectivity index (χ0) is 12.9. The molecule has 0 atom stereocenters. The van der Waals surface area contributed by atoms with Gasteiger partial charge >= 0.3 is 12.1 Å². The normalized spacial score (nSPS) is 11.5. The average molecular weight is 265 g/mol. The Hall–Kier alpha value is -1.24. The number of pyridine rings is 1. The molecular weight excluding hydrogens is 255 g/mol. The van der Waals surface area contributed by atoms with Crippen molar-refractivity contribution in [3.8, 4) is 0 Å². The van der Waals surface area contributed by atoms with Gasteiger partial charge in [0.2, 0.25) is 0 Å². The number of carboxylic acids is 1. The van der Waals surface area contributed by atoms with Crippen LogP contribution in [-0.4, -0.2) is 28.0 Å². The minimum Gasteiger partial charge on any atom is -0.478 e. The summed E-state index contributed by atoms with van der Waals surface area (Å²) in [5, 5.41) is 9.07. The van der Waals surface area contributed by atoms with Crippen LogP contribution in [0.25, 0.3) is 0 Å². The molecular formula is C10H10F3NO2S. The minimum absolute atomic E-state index is 0.0181. The third kappa shape index (κ3) is 5.08. The van der Waals surface area contributed by atoms with Crippen LogP contribution in [0.4, 0.5) is 13.2 Å². The van der Waals surface area contributed by atoms with Crippen LogP contribution in [0.3, 0.4) is 0 Å². The van der Waals surface area contributed by atoms with Crippen molar-refractivity contribution in [3.63, 3.8) is 0 Å². The Kier molecular flexibility index (Phi) is 4.80. The van der Waals surface area contributed by atoms with Crippen LogP contribution in [0.5, 0.6) is 0 Å². The van der Waals surface area contributed by atoms with Crippen LogP contribution in [0.15, 0.2) is 23.4 Å². The van der Waals surface area contributed by atoms with E-state index in [1.54, 1.807) is 0 Å². The fourth-order valence-electron chi connectivity index (χ4n) is 1.11. The van der Waals surface area contributed by atoms with E-state index in [1.807, 2.05) is 0 Å². The zero-order valence-corrected chi connectivity index (χ0v) is 9.51. The van der Waals surface area contributed by atoms with E-state index in [9.17, 15) is 18.0 Å². The van der Waals surface area contributed by atoms with E-state index >= 15 is 0 Å². The topological polar surface area (TPSA) is 50.2 Å². The summed E-state index contributed by atoms with van der Waals surface area (Å²) in [4.78, 5) is 14.6. The standard InChI is InChI=1S/C10H10F3NO2S/c11-10(12,13)4-2-6-17-8-7(9(15)16)3-1-5-14-8/h1,3,5H,2,4,6H2,(H,15,16). The zero-order valence-electron chi connectivity index (χ0n) is 8.70. The number of alkyl halides is 3. The lowest BCUT2D eigenvalue weighted by molar-refractivity contribution is -0.134. The van der Waals surface area contributed by atoms with Gasteiger partial charge in [-0.3, -0.25) is 0 Å². The van der Waals surface area contributed by atoms with Crippen molar-refractivity contribution in [3.05, 3.63) is 23.9 Å². The molecule has 0 unspecified atom stereocenters. The van der Waals surface area contributed by atoms with Crippen LogP contribution in [0, 0.1) is 0 Å². The summed E-state index contributed by atoms with van der Waals surface area (Å²) in [5.41, 5.74) is 0.0181. The van der Waals surface area contributed by atoms with Gasteiger partial charge in [-0.05, 0) is 24.3 Å². The molecule has 0 aliphatic rings. The van der Waals surface area contributed by atoms with E-state index in [1.165, 1.54) is 18.3 Å². The number of aromatic nitrogens is 1. The second kappa shape index (κ2) is 5.90. The van der Waals surface area contributed by atoms with Gasteiger partial charge in [0.25, 0.3) is 0 Å². The number of carboxylic acid groups (broad SMARTS) is 1. The number of hydrogen-bond donors (Lipinski definition) is 1. The highest BCUT2D eigenvalue weighted by Crippen LogP contribution is 2.25. The first kappa shape index (κ1) is 13.8. The average Bonchev–Trinajstić information content (AvgIpc) is 2.23. The monoisotopic (exact) mass is 265 g/mol. The summed E-state index contributed by atoms with van der Waals surface area (Å²) in [6.07, 6.45) is -3.67. The van der Waals surface area contributed by atoms with Crippen LogP contribution in [0.2, 0.25) is 0 Å². The van der Waals surface area contributed by atoms with Crippen molar-refractivity contribution in [1.82, 2.24) is 4.98 Å². The van der Waals surface area contributed by atoms with E-state index in [2.05, 4.69) is 4.98 Å². The molecule has 1 aromatic heterocycles. The molecule has 0 aromatic carbocycles. The molecule has 3 nitrogen and oxygen atoms in total. The first-order valence-electron chi connectivity index (χ1n) is 4.78. The van der Waals surface area contributed by atoms with Gasteiger partial charge in [0.15, 0.2) is 0 Å². The van der Waals surface area contributed by atoms with E-state index in [4.69, 9.17) is 5.11 Å². The molecule has 0 aliphatic carbocycles. The highest BCUT2D eigenvalue weighted by Gasteiger charge is 2.26. The van der Waals surface area contributed by atoms with Crippen molar-refractivity contribution < 1.29 is 23.1 Å². The SMILES string of the molecule is O=C(O)c1cccnc1SCCCC(F)(F)F. The van der Waals surface area contributed by atoms with Crippen LogP contribution < -0.4 is 0 Å². The number of halogens is 3. The molecule has 0 bridgehead atoms. The molecule has 1 N–H and O–H groups in total. The van der Waals surface area contributed by atoms with E-state index in [0.29, 0.717) is 0 Å². The van der Waals surface area contributed by atoms with Crippen LogP contribution >= 0.6 is 11.8 Å². The van der Waals surface area contributed by atoms with E-state index < -0.39 is 18.6 Å². The maximum absolute atomic E-state index is 11.9. The van der Waals surface area contributed by atoms with Crippen LogP contribution in [-0.2, 0) is 0 Å². The lowest BCUT2D eigenvalue weighted by atomic mass is 10.3. The Balaban J connectivity index is 2.49. The van der Waals surface area contributed by atoms with Gasteiger partial charge in [-0.1, -0.05) is 0 Å². The number of aromatic carboxylic acids is 1. The molecule has 1 rings (SSSR count). The van der Waals surface area contributed by atoms with Crippen molar-refractivity contribution in [2.24, 2.45) is 0 Å². The van der Waals surface area contributed by atoms with Gasteiger partial charge in [-0.2, -0.15) is 13.2 Å². The summed E-state index contributed by atoms with van der Waals surface area (Å²) < 4.78 is 35.6. The van der Waals surface area contributed by atoms with Gasteiger partial charge in [-0.25, -0.2) is 9.78 Å².